The fraction of sp³-hybridized carbons (Fsp3) is 0.414. The molecule has 0 unspecified atom stereocenters. The van der Waals surface area contributed by atoms with Gasteiger partial charge < -0.3 is 15.0 Å². The second-order valence-electron chi connectivity index (χ2n) is 9.64. The van der Waals surface area contributed by atoms with E-state index in [1.165, 1.54) is 17.5 Å². The van der Waals surface area contributed by atoms with Crippen molar-refractivity contribution in [3.8, 4) is 11.1 Å². The Balaban J connectivity index is 1.21. The highest BCUT2D eigenvalue weighted by Crippen LogP contribution is 2.23. The molecule has 0 aliphatic carbocycles. The maximum atomic E-state index is 13.4. The number of nitrogens with one attached hydrogen (secondary N) is 1. The first-order valence-electron chi connectivity index (χ1n) is 13.0. The van der Waals surface area contributed by atoms with Crippen LogP contribution in [0.1, 0.15) is 40.9 Å². The zero-order valence-electron chi connectivity index (χ0n) is 21.0. The van der Waals surface area contributed by atoms with Crippen LogP contribution in [0.3, 0.4) is 0 Å². The number of hydrogen-bond donors (Lipinski definition) is 1. The van der Waals surface area contributed by atoms with E-state index >= 15 is 0 Å². The summed E-state index contributed by atoms with van der Waals surface area (Å²) < 4.78 is 5.60. The summed E-state index contributed by atoms with van der Waals surface area (Å²) in [6.07, 6.45) is 4.58. The van der Waals surface area contributed by atoms with E-state index in [1.807, 2.05) is 17.9 Å². The van der Waals surface area contributed by atoms with Gasteiger partial charge in [-0.2, -0.15) is 0 Å². The Bertz CT molecular complexity index is 1150. The largest absolute Gasteiger partial charge is 0.380 e. The van der Waals surface area contributed by atoms with Crippen LogP contribution in [0.2, 0.25) is 0 Å². The number of benzene rings is 2. The van der Waals surface area contributed by atoms with E-state index in [0.29, 0.717) is 24.1 Å². The molecule has 1 aromatic heterocycles. The molecule has 2 aliphatic heterocycles. The molecule has 2 fully saturated rings. The number of nitrogens with zero attached hydrogens (tertiary/aromatic N) is 4. The monoisotopic (exact) mass is 485 g/mol. The van der Waals surface area contributed by atoms with Gasteiger partial charge in [0.15, 0.2) is 0 Å². The Kier molecular flexibility index (Phi) is 7.88. The van der Waals surface area contributed by atoms with Gasteiger partial charge in [0.2, 0.25) is 0 Å². The van der Waals surface area contributed by atoms with Gasteiger partial charge in [-0.15, -0.1) is 0 Å². The molecule has 0 atom stereocenters. The van der Waals surface area contributed by atoms with Crippen molar-refractivity contribution in [2.45, 2.75) is 38.8 Å². The summed E-state index contributed by atoms with van der Waals surface area (Å²) in [4.78, 5) is 26.7. The van der Waals surface area contributed by atoms with Gasteiger partial charge in [0.25, 0.3) is 5.91 Å². The Morgan fingerprint density at radius 1 is 0.972 bits per heavy atom. The van der Waals surface area contributed by atoms with Gasteiger partial charge in [-0.25, -0.2) is 9.97 Å². The Morgan fingerprint density at radius 3 is 2.61 bits per heavy atom. The van der Waals surface area contributed by atoms with Crippen LogP contribution in [0.4, 0.5) is 5.82 Å². The van der Waals surface area contributed by atoms with Crippen LogP contribution in [0.25, 0.3) is 11.1 Å². The number of carbonyl (C=O) groups excluding carboxylic acids is 1. The summed E-state index contributed by atoms with van der Waals surface area (Å²) >= 11 is 0. The normalized spacial score (nSPS) is 17.5. The topological polar surface area (TPSA) is 70.6 Å². The lowest BCUT2D eigenvalue weighted by atomic mass is 10.0. The maximum Gasteiger partial charge on any atom is 0.272 e. The summed E-state index contributed by atoms with van der Waals surface area (Å²) in [7, 11) is 0. The van der Waals surface area contributed by atoms with Crippen molar-refractivity contribution in [1.82, 2.24) is 19.8 Å². The van der Waals surface area contributed by atoms with Gasteiger partial charge in [-0.1, -0.05) is 48.5 Å². The van der Waals surface area contributed by atoms with Crippen molar-refractivity contribution in [3.63, 3.8) is 0 Å². The van der Waals surface area contributed by atoms with E-state index in [4.69, 9.17) is 4.74 Å². The molecule has 5 rings (SSSR count). The second kappa shape index (κ2) is 11.6. The van der Waals surface area contributed by atoms with E-state index in [2.05, 4.69) is 68.7 Å². The molecular formula is C29H35N5O2. The number of aromatic nitrogens is 2. The molecule has 2 saturated heterocycles. The van der Waals surface area contributed by atoms with Crippen molar-refractivity contribution in [2.75, 3.05) is 44.7 Å². The number of carbonyl (C=O) groups is 1. The lowest BCUT2D eigenvalue weighted by molar-refractivity contribution is 0.0603. The average Bonchev–Trinajstić information content (AvgIpc) is 3.23. The number of rotatable bonds is 6. The zero-order valence-corrected chi connectivity index (χ0v) is 21.0. The van der Waals surface area contributed by atoms with Crippen molar-refractivity contribution in [2.24, 2.45) is 0 Å². The third kappa shape index (κ3) is 5.74. The van der Waals surface area contributed by atoms with Crippen molar-refractivity contribution in [1.29, 1.82) is 0 Å². The summed E-state index contributed by atoms with van der Waals surface area (Å²) in [6, 6.07) is 19.4. The van der Waals surface area contributed by atoms with Crippen LogP contribution in [-0.4, -0.2) is 71.1 Å². The van der Waals surface area contributed by atoms with E-state index in [-0.39, 0.29) is 5.91 Å². The van der Waals surface area contributed by atoms with Gasteiger partial charge >= 0.3 is 0 Å². The lowest BCUT2D eigenvalue weighted by Gasteiger charge is -2.38. The first-order valence-corrected chi connectivity index (χ1v) is 13.0. The van der Waals surface area contributed by atoms with Crippen LogP contribution < -0.4 is 5.32 Å². The van der Waals surface area contributed by atoms with Gasteiger partial charge in [0.05, 0.1) is 6.61 Å². The smallest absolute Gasteiger partial charge is 0.272 e. The number of amides is 1. The quantitative estimate of drug-likeness (QED) is 0.558. The average molecular weight is 486 g/mol. The third-order valence-electron chi connectivity index (χ3n) is 7.31. The van der Waals surface area contributed by atoms with Gasteiger partial charge in [0, 0.05) is 50.9 Å². The molecule has 3 aromatic rings. The summed E-state index contributed by atoms with van der Waals surface area (Å²) in [5.74, 6) is 0.708. The lowest BCUT2D eigenvalue weighted by Crippen LogP contribution is -2.47. The minimum absolute atomic E-state index is 0.00155. The summed E-state index contributed by atoms with van der Waals surface area (Å²) in [5.41, 5.74) is 4.82. The minimum atomic E-state index is 0.00155. The molecule has 0 saturated carbocycles. The predicted octanol–water partition coefficient (Wildman–Crippen LogP) is 4.39. The first-order chi connectivity index (χ1) is 17.7. The molecule has 2 aromatic carbocycles. The van der Waals surface area contributed by atoms with Crippen LogP contribution in [0.5, 0.6) is 0 Å². The van der Waals surface area contributed by atoms with E-state index in [9.17, 15) is 4.79 Å². The number of hydrogen-bond acceptors (Lipinski definition) is 6. The molecule has 0 spiro atoms. The first kappa shape index (κ1) is 24.4. The SMILES string of the molecule is Cc1c(NCc2cccc(-c3ccccc3)c2)ncnc1C(=O)N1CCC(N2CCCOCC2)CC1. The zero-order chi connectivity index (χ0) is 24.7. The fourth-order valence-corrected chi connectivity index (χ4v) is 5.24. The highest BCUT2D eigenvalue weighted by Gasteiger charge is 2.29. The van der Waals surface area contributed by atoms with Crippen LogP contribution in [0, 0.1) is 6.92 Å². The van der Waals surface area contributed by atoms with Gasteiger partial charge in [-0.05, 0) is 48.9 Å². The fourth-order valence-electron chi connectivity index (χ4n) is 5.24. The number of piperidine rings is 1. The molecule has 3 heterocycles. The van der Waals surface area contributed by atoms with Crippen molar-refractivity contribution < 1.29 is 9.53 Å². The van der Waals surface area contributed by atoms with Gasteiger partial charge in [-0.3, -0.25) is 9.69 Å². The van der Waals surface area contributed by atoms with Crippen molar-refractivity contribution in [3.05, 3.63) is 77.7 Å². The highest BCUT2D eigenvalue weighted by molar-refractivity contribution is 5.94. The predicted molar refractivity (Wildman–Crippen MR) is 142 cm³/mol. The van der Waals surface area contributed by atoms with Crippen molar-refractivity contribution >= 4 is 11.7 Å². The van der Waals surface area contributed by atoms with Gasteiger partial charge in [0.1, 0.15) is 17.8 Å². The molecule has 1 amide bonds. The number of likely N-dealkylation sites (tertiary alicyclic amines) is 1. The minimum Gasteiger partial charge on any atom is -0.380 e. The van der Waals surface area contributed by atoms with Crippen LogP contribution in [-0.2, 0) is 11.3 Å². The molecule has 188 valence electrons. The Morgan fingerprint density at radius 2 is 1.78 bits per heavy atom. The van der Waals surface area contributed by atoms with E-state index in [0.717, 1.165) is 69.8 Å². The van der Waals surface area contributed by atoms with E-state index in [1.54, 1.807) is 0 Å². The molecule has 36 heavy (non-hydrogen) atoms. The Labute approximate surface area is 213 Å². The second-order valence-corrected chi connectivity index (χ2v) is 9.64. The molecule has 0 radical (unpaired) electrons. The molecule has 1 N–H and O–H groups in total. The third-order valence-corrected chi connectivity index (χ3v) is 7.31. The van der Waals surface area contributed by atoms with E-state index < -0.39 is 0 Å². The highest BCUT2D eigenvalue weighted by atomic mass is 16.5. The molecule has 2 aliphatic rings. The number of ether oxygens (including phenoxy) is 1. The standard InChI is InChI=1S/C29H35N5O2/c1-22-27(29(35)34-14-11-26(12-15-34)33-13-6-17-36-18-16-33)31-21-32-28(22)30-20-23-7-5-10-25(19-23)24-8-3-2-4-9-24/h2-5,7-10,19,21,26H,6,11-18,20H2,1H3,(H,30,31,32). The molecular weight excluding hydrogens is 450 g/mol. The molecule has 0 bridgehead atoms. The summed E-state index contributed by atoms with van der Waals surface area (Å²) in [6.45, 7) is 7.83. The van der Waals surface area contributed by atoms with Crippen LogP contribution >= 0.6 is 0 Å². The molecule has 7 nitrogen and oxygen atoms in total. The number of anilines is 1. The molecule has 7 heteroatoms. The maximum absolute atomic E-state index is 13.4. The Hall–Kier alpha value is -3.29. The van der Waals surface area contributed by atoms with Crippen LogP contribution in [0.15, 0.2) is 60.9 Å². The summed E-state index contributed by atoms with van der Waals surface area (Å²) in [5, 5.41) is 3.42.